The third kappa shape index (κ3) is 5.18. The van der Waals surface area contributed by atoms with E-state index in [1.807, 2.05) is 0 Å². The van der Waals surface area contributed by atoms with Crippen LogP contribution in [0.4, 0.5) is 17.1 Å². The van der Waals surface area contributed by atoms with E-state index in [4.69, 9.17) is 5.73 Å². The average Bonchev–Trinajstić information content (AvgIpc) is 2.65. The van der Waals surface area contributed by atoms with Crippen LogP contribution >= 0.6 is 0 Å². The van der Waals surface area contributed by atoms with E-state index in [1.165, 1.54) is 12.1 Å². The molecule has 0 fully saturated rings. The van der Waals surface area contributed by atoms with Gasteiger partial charge >= 0.3 is 0 Å². The average molecular weight is 516 g/mol. The number of aryl methyl sites for hydroxylation is 2. The maximum atomic E-state index is 11.8. The lowest BCUT2D eigenvalue weighted by molar-refractivity contribution is 0.481. The third-order valence-corrected chi connectivity index (χ3v) is 7.27. The Morgan fingerprint density at radius 1 is 0.667 bits per heavy atom. The van der Waals surface area contributed by atoms with E-state index < -0.39 is 45.0 Å². The van der Waals surface area contributed by atoms with Gasteiger partial charge in [-0.25, -0.2) is 0 Å². The van der Waals surface area contributed by atoms with Crippen LogP contribution in [0.2, 0.25) is 0 Å². The fourth-order valence-electron chi connectivity index (χ4n) is 3.01. The molecule has 0 unspecified atom stereocenters. The predicted octanol–water partition coefficient (Wildman–Crippen LogP) is 3.19. The first kappa shape index (κ1) is 24.7. The highest BCUT2D eigenvalue weighted by atomic mass is 32.2. The summed E-state index contributed by atoms with van der Waals surface area (Å²) in [6.07, 6.45) is 0. The molecule has 0 atom stereocenters. The van der Waals surface area contributed by atoms with Crippen molar-refractivity contribution in [1.82, 2.24) is 0 Å². The summed E-state index contributed by atoms with van der Waals surface area (Å²) >= 11 is 0. The van der Waals surface area contributed by atoms with Gasteiger partial charge in [-0.05, 0) is 66.8 Å². The van der Waals surface area contributed by atoms with Gasteiger partial charge in [0.25, 0.3) is 30.4 Å². The summed E-state index contributed by atoms with van der Waals surface area (Å²) in [4.78, 5) is -1.87. The number of anilines is 1. The van der Waals surface area contributed by atoms with E-state index >= 15 is 0 Å². The number of azo groups is 1. The molecule has 0 saturated carbocycles. The summed E-state index contributed by atoms with van der Waals surface area (Å²) in [5, 5.41) is 7.56. The number of hydrogen-bond acceptors (Lipinski definition) is 9. The van der Waals surface area contributed by atoms with Gasteiger partial charge < -0.3 is 5.73 Å². The molecule has 0 aromatic heterocycles. The van der Waals surface area contributed by atoms with Gasteiger partial charge in [0.1, 0.15) is 10.6 Å². The molecule has 3 aromatic carbocycles. The van der Waals surface area contributed by atoms with Crippen molar-refractivity contribution in [1.29, 1.82) is 0 Å². The number of rotatable bonds is 5. The SMILES string of the molecule is Cc1cc(N=Nc2cc(S(=O)(=O)O)cc3cc(S(=O)(=O)O)cc(N)c23)c(S(=O)(=O)O)cc1C. The molecule has 3 aromatic rings. The number of nitrogens with zero attached hydrogens (tertiary/aromatic N) is 2. The Hall–Kier alpha value is -2.95. The Labute approximate surface area is 189 Å². The number of nitrogens with two attached hydrogens (primary N) is 1. The van der Waals surface area contributed by atoms with Crippen LogP contribution in [0.1, 0.15) is 11.1 Å². The Bertz CT molecular complexity index is 1660. The third-order valence-electron chi connectivity index (χ3n) is 4.72. The Morgan fingerprint density at radius 3 is 1.67 bits per heavy atom. The zero-order chi connectivity index (χ0) is 24.9. The first-order chi connectivity index (χ1) is 15.0. The van der Waals surface area contributed by atoms with Crippen LogP contribution < -0.4 is 5.73 Å². The number of fused-ring (bicyclic) bond motifs is 1. The molecule has 0 saturated heterocycles. The standard InChI is InChI=1S/C18H17N3O9S3/c1-9-3-15(17(4-10(9)2)33(28,29)30)20-21-16-8-13(32(25,26)27)6-11-5-12(31(22,23)24)7-14(19)18(11)16/h3-8H,19H2,1-2H3,(H,22,23,24)(H,25,26,27)(H,28,29,30). The van der Waals surface area contributed by atoms with Gasteiger partial charge in [-0.15, -0.1) is 10.2 Å². The van der Waals surface area contributed by atoms with Crippen LogP contribution in [0, 0.1) is 13.8 Å². The lowest BCUT2D eigenvalue weighted by Gasteiger charge is -2.10. The topological polar surface area (TPSA) is 214 Å². The summed E-state index contributed by atoms with van der Waals surface area (Å²) in [5.74, 6) is 0. The highest BCUT2D eigenvalue weighted by Crippen LogP contribution is 2.37. The molecule has 0 amide bonds. The first-order valence-electron chi connectivity index (χ1n) is 8.81. The van der Waals surface area contributed by atoms with Gasteiger partial charge in [-0.1, -0.05) is 0 Å². The maximum Gasteiger partial charge on any atom is 0.296 e. The highest BCUT2D eigenvalue weighted by molar-refractivity contribution is 7.86. The monoisotopic (exact) mass is 515 g/mol. The van der Waals surface area contributed by atoms with Gasteiger partial charge in [-0.3, -0.25) is 13.7 Å². The molecule has 15 heteroatoms. The molecule has 0 aliphatic heterocycles. The minimum atomic E-state index is -4.79. The normalized spacial score (nSPS) is 13.1. The Balaban J connectivity index is 2.36. The molecule has 176 valence electrons. The van der Waals surface area contributed by atoms with Crippen molar-refractivity contribution >= 4 is 58.2 Å². The lowest BCUT2D eigenvalue weighted by atomic mass is 10.1. The number of hydrogen-bond donors (Lipinski definition) is 4. The quantitative estimate of drug-likeness (QED) is 0.221. The van der Waals surface area contributed by atoms with E-state index in [1.54, 1.807) is 13.8 Å². The smallest absolute Gasteiger partial charge is 0.296 e. The van der Waals surface area contributed by atoms with Crippen LogP contribution in [-0.2, 0) is 30.4 Å². The van der Waals surface area contributed by atoms with Gasteiger partial charge in [0, 0.05) is 11.1 Å². The largest absolute Gasteiger partial charge is 0.398 e. The molecule has 0 heterocycles. The van der Waals surface area contributed by atoms with Crippen molar-refractivity contribution in [2.45, 2.75) is 28.5 Å². The molecule has 5 N–H and O–H groups in total. The molecular formula is C18H17N3O9S3. The summed E-state index contributed by atoms with van der Waals surface area (Å²) in [6.45, 7) is 3.27. The van der Waals surface area contributed by atoms with Crippen molar-refractivity contribution in [2.75, 3.05) is 5.73 Å². The summed E-state index contributed by atoms with van der Waals surface area (Å²) < 4.78 is 98.2. The first-order valence-corrected chi connectivity index (χ1v) is 13.1. The fourth-order valence-corrected chi connectivity index (χ4v) is 4.79. The zero-order valence-electron chi connectivity index (χ0n) is 17.0. The molecule has 0 radical (unpaired) electrons. The zero-order valence-corrected chi connectivity index (χ0v) is 19.4. The molecule has 3 rings (SSSR count). The van der Waals surface area contributed by atoms with E-state index in [-0.39, 0.29) is 27.8 Å². The predicted molar refractivity (Wildman–Crippen MR) is 118 cm³/mol. The molecule has 33 heavy (non-hydrogen) atoms. The van der Waals surface area contributed by atoms with Crippen LogP contribution in [-0.4, -0.2) is 38.9 Å². The van der Waals surface area contributed by atoms with Gasteiger partial charge in [0.05, 0.1) is 15.5 Å². The van der Waals surface area contributed by atoms with E-state index in [9.17, 15) is 38.9 Å². The number of nitrogen functional groups attached to an aromatic ring is 1. The molecule has 12 nitrogen and oxygen atoms in total. The number of benzene rings is 3. The van der Waals surface area contributed by atoms with Crippen molar-refractivity contribution < 1.29 is 38.9 Å². The van der Waals surface area contributed by atoms with E-state index in [2.05, 4.69) is 10.2 Å². The van der Waals surface area contributed by atoms with Gasteiger partial charge in [-0.2, -0.15) is 25.3 Å². The van der Waals surface area contributed by atoms with Crippen molar-refractivity contribution in [2.24, 2.45) is 10.2 Å². The molecule has 0 bridgehead atoms. The minimum absolute atomic E-state index is 0.00999. The molecule has 0 aliphatic carbocycles. The van der Waals surface area contributed by atoms with E-state index in [0.717, 1.165) is 24.3 Å². The lowest BCUT2D eigenvalue weighted by Crippen LogP contribution is -2.02. The summed E-state index contributed by atoms with van der Waals surface area (Å²) in [7, 11) is -14.2. The highest BCUT2D eigenvalue weighted by Gasteiger charge is 2.20. The van der Waals surface area contributed by atoms with Crippen molar-refractivity contribution in [3.63, 3.8) is 0 Å². The van der Waals surface area contributed by atoms with Crippen LogP contribution in [0.15, 0.2) is 61.3 Å². The Kier molecular flexibility index (Phi) is 6.08. The van der Waals surface area contributed by atoms with Gasteiger partial charge in [0.15, 0.2) is 0 Å². The van der Waals surface area contributed by atoms with Gasteiger partial charge in [0.2, 0.25) is 0 Å². The van der Waals surface area contributed by atoms with Crippen molar-refractivity contribution in [3.05, 3.63) is 47.5 Å². The second-order valence-electron chi connectivity index (χ2n) is 7.08. The van der Waals surface area contributed by atoms with E-state index in [0.29, 0.717) is 11.1 Å². The van der Waals surface area contributed by atoms with Crippen molar-refractivity contribution in [3.8, 4) is 0 Å². The second-order valence-corrected chi connectivity index (χ2v) is 11.3. The van der Waals surface area contributed by atoms with Crippen LogP contribution in [0.5, 0.6) is 0 Å². The molecular weight excluding hydrogens is 498 g/mol. The minimum Gasteiger partial charge on any atom is -0.398 e. The van der Waals surface area contributed by atoms with Crippen LogP contribution in [0.3, 0.4) is 0 Å². The second kappa shape index (κ2) is 8.12. The summed E-state index contributed by atoms with van der Waals surface area (Å²) in [6, 6.07) is 6.13. The summed E-state index contributed by atoms with van der Waals surface area (Å²) in [5.41, 5.74) is 6.30. The molecule has 0 aliphatic rings. The van der Waals surface area contributed by atoms with Crippen LogP contribution in [0.25, 0.3) is 10.8 Å². The Morgan fingerprint density at radius 2 is 1.15 bits per heavy atom. The molecule has 0 spiro atoms. The maximum absolute atomic E-state index is 11.8. The fraction of sp³-hybridized carbons (Fsp3) is 0.111.